The summed E-state index contributed by atoms with van der Waals surface area (Å²) in [4.78, 5) is 58.5. The van der Waals surface area contributed by atoms with E-state index in [4.69, 9.17) is 28.4 Å². The predicted octanol–water partition coefficient (Wildman–Crippen LogP) is 7.42. The number of aromatic hydroxyl groups is 1. The van der Waals surface area contributed by atoms with Crippen LogP contribution in [0.3, 0.4) is 0 Å². The van der Waals surface area contributed by atoms with E-state index in [0.29, 0.717) is 56.3 Å². The molecule has 1 aliphatic carbocycles. The topological polar surface area (TPSA) is 188 Å². The molecule has 14 heteroatoms. The molecule has 0 radical (unpaired) electrons. The Kier molecular flexibility index (Phi) is 17.9. The molecule has 1 saturated carbocycles. The third kappa shape index (κ3) is 12.2. The number of phenols is 1. The fraction of sp³-hybridized carbons (Fsp3) is 0.660. The fourth-order valence-electron chi connectivity index (χ4n) is 11.0. The highest BCUT2D eigenvalue weighted by atomic mass is 16.7. The van der Waals surface area contributed by atoms with Gasteiger partial charge in [0.2, 0.25) is 5.79 Å². The maximum atomic E-state index is 14.6. The lowest BCUT2D eigenvalue weighted by Crippen LogP contribution is -2.64. The van der Waals surface area contributed by atoms with E-state index in [-0.39, 0.29) is 61.4 Å². The number of Topliss-reactive ketones (excluding diaryl/α,β-unsaturated/α-hetero) is 2. The Labute approximate surface area is 396 Å². The molecule has 6 rings (SSSR count). The number of aliphatic hydroxyl groups is 2. The first-order valence-electron chi connectivity index (χ1n) is 24.4. The number of piperidine rings is 1. The molecule has 14 unspecified atom stereocenters. The highest BCUT2D eigenvalue weighted by Crippen LogP contribution is 2.40. The number of ether oxygens (including phenoxy) is 6. The highest BCUT2D eigenvalue weighted by molar-refractivity contribution is 6.39. The largest absolute Gasteiger partial charge is 0.508 e. The van der Waals surface area contributed by atoms with Gasteiger partial charge in [-0.1, -0.05) is 57.6 Å². The van der Waals surface area contributed by atoms with Crippen molar-refractivity contribution in [3.05, 3.63) is 59.7 Å². The van der Waals surface area contributed by atoms with Gasteiger partial charge in [0.05, 0.1) is 24.4 Å². The number of rotatable bonds is 8. The molecular formula is C53H75NO13. The van der Waals surface area contributed by atoms with Crippen LogP contribution in [0.1, 0.15) is 112 Å². The maximum Gasteiger partial charge on any atom is 0.329 e. The molecule has 14 nitrogen and oxygen atoms in total. The number of phenolic OH excluding ortho intramolecular Hbond substituents is 1. The van der Waals surface area contributed by atoms with Gasteiger partial charge in [0.15, 0.2) is 0 Å². The summed E-state index contributed by atoms with van der Waals surface area (Å²) in [5.74, 6) is -6.71. The second kappa shape index (κ2) is 23.0. The summed E-state index contributed by atoms with van der Waals surface area (Å²) in [5.41, 5.74) is 1.67. The number of fused-ring (bicyclic) bond motifs is 4. The van der Waals surface area contributed by atoms with Gasteiger partial charge in [-0.05, 0) is 131 Å². The Morgan fingerprint density at radius 2 is 1.55 bits per heavy atom. The molecule has 3 N–H and O–H groups in total. The summed E-state index contributed by atoms with van der Waals surface area (Å²) in [6, 6.07) is 9.78. The van der Waals surface area contributed by atoms with Crippen LogP contribution in [-0.2, 0) is 42.9 Å². The summed E-state index contributed by atoms with van der Waals surface area (Å²) in [6.07, 6.45) is 4.29. The first kappa shape index (κ1) is 52.2. The summed E-state index contributed by atoms with van der Waals surface area (Å²) < 4.78 is 36.9. The van der Waals surface area contributed by atoms with Crippen LogP contribution in [0, 0.1) is 29.6 Å². The Bertz CT molecular complexity index is 2120. The standard InChI is InChI=1S/C53H75NO13/c1-10-36-22-30(2)21-31(3)23-46(63-8)49-47(64-9)25-33(5)53(61,67-49)50(58)51(59)54-20-12-11-13-41(54)52(60)66-48(34(6)42(56)29-43(36)57)32(4)24-35-14-19-44(45(26-35)62-7)65-40-18-16-37-27-39(55)17-15-38(37)28-40/h15-18,22,24,27-28,31,33-36,41-42,44-49,55-56,61H,10-14,19-21,23,25-26,29H2,1-9H3. The van der Waals surface area contributed by atoms with Gasteiger partial charge in [-0.15, -0.1) is 0 Å². The summed E-state index contributed by atoms with van der Waals surface area (Å²) in [5, 5.41) is 35.8. The van der Waals surface area contributed by atoms with E-state index in [9.17, 15) is 34.5 Å². The zero-order valence-corrected chi connectivity index (χ0v) is 41.0. The lowest BCUT2D eigenvalue weighted by atomic mass is 9.81. The Morgan fingerprint density at radius 3 is 2.25 bits per heavy atom. The molecule has 14 atom stereocenters. The van der Waals surface area contributed by atoms with Gasteiger partial charge >= 0.3 is 5.97 Å². The molecule has 2 saturated heterocycles. The monoisotopic (exact) mass is 934 g/mol. The van der Waals surface area contributed by atoms with Crippen molar-refractivity contribution in [1.29, 1.82) is 0 Å². The van der Waals surface area contributed by atoms with Crippen molar-refractivity contribution in [3.8, 4) is 11.5 Å². The molecule has 3 aliphatic heterocycles. The fourth-order valence-corrected chi connectivity index (χ4v) is 11.0. The van der Waals surface area contributed by atoms with E-state index in [0.717, 1.165) is 22.8 Å². The van der Waals surface area contributed by atoms with E-state index >= 15 is 0 Å². The third-order valence-corrected chi connectivity index (χ3v) is 14.9. The molecule has 3 heterocycles. The van der Waals surface area contributed by atoms with Crippen LogP contribution in [-0.4, -0.2) is 126 Å². The molecular weight excluding hydrogens is 859 g/mol. The number of allylic oxidation sites excluding steroid dienone is 3. The van der Waals surface area contributed by atoms with Crippen molar-refractivity contribution in [1.82, 2.24) is 4.90 Å². The van der Waals surface area contributed by atoms with Crippen molar-refractivity contribution in [2.75, 3.05) is 27.9 Å². The Balaban J connectivity index is 1.30. The van der Waals surface area contributed by atoms with Gasteiger partial charge < -0.3 is 48.6 Å². The van der Waals surface area contributed by atoms with Crippen LogP contribution in [0.25, 0.3) is 10.8 Å². The summed E-state index contributed by atoms with van der Waals surface area (Å²) in [7, 11) is 4.73. The van der Waals surface area contributed by atoms with Crippen molar-refractivity contribution < 1.29 is 62.9 Å². The van der Waals surface area contributed by atoms with Gasteiger partial charge in [-0.25, -0.2) is 4.79 Å². The van der Waals surface area contributed by atoms with Crippen LogP contribution >= 0.6 is 0 Å². The van der Waals surface area contributed by atoms with Crippen molar-refractivity contribution in [3.63, 3.8) is 0 Å². The molecule has 2 bridgehead atoms. The van der Waals surface area contributed by atoms with E-state index in [2.05, 4.69) is 13.0 Å². The van der Waals surface area contributed by atoms with Gasteiger partial charge in [0.1, 0.15) is 41.6 Å². The van der Waals surface area contributed by atoms with Crippen LogP contribution in [0.15, 0.2) is 59.7 Å². The molecule has 370 valence electrons. The first-order valence-corrected chi connectivity index (χ1v) is 24.4. The summed E-state index contributed by atoms with van der Waals surface area (Å²) >= 11 is 0. The second-order valence-corrected chi connectivity index (χ2v) is 19.9. The number of hydrogen-bond donors (Lipinski definition) is 3. The number of carbonyl (C=O) groups excluding carboxylic acids is 4. The normalized spacial score (nSPS) is 35.9. The van der Waals surface area contributed by atoms with Gasteiger partial charge in [0, 0.05) is 52.0 Å². The number of cyclic esters (lactones) is 1. The average molecular weight is 934 g/mol. The molecule has 2 aromatic carbocycles. The zero-order valence-electron chi connectivity index (χ0n) is 41.0. The second-order valence-electron chi connectivity index (χ2n) is 19.9. The SMILES string of the molecule is CCC1C=C(C)CC(C)CC(OC)C2OC(O)(C(=O)C(=O)N3CCCCC3C(=O)OC(C(C)=CC3CCC(Oc4ccc5cc(O)ccc5c4)C(OC)C3)C(C)C(O)CC1=O)C(C)CC2OC. The number of ketones is 2. The number of carbonyl (C=O) groups is 4. The lowest BCUT2D eigenvalue weighted by Gasteiger charge is -2.47. The number of aliphatic hydroxyl groups excluding tert-OH is 1. The number of methoxy groups -OCH3 is 3. The van der Waals surface area contributed by atoms with Crippen LogP contribution in [0.2, 0.25) is 0 Å². The number of esters is 1. The number of benzene rings is 2. The van der Waals surface area contributed by atoms with Gasteiger partial charge in [-0.3, -0.25) is 14.4 Å². The maximum absolute atomic E-state index is 14.6. The number of amides is 1. The van der Waals surface area contributed by atoms with Crippen LogP contribution in [0.4, 0.5) is 0 Å². The summed E-state index contributed by atoms with van der Waals surface area (Å²) in [6.45, 7) is 11.3. The number of hydrogen-bond acceptors (Lipinski definition) is 13. The minimum atomic E-state index is -2.52. The average Bonchev–Trinajstić information content (AvgIpc) is 3.31. The molecule has 0 aromatic heterocycles. The molecule has 67 heavy (non-hydrogen) atoms. The smallest absolute Gasteiger partial charge is 0.329 e. The van der Waals surface area contributed by atoms with Crippen molar-refractivity contribution in [2.24, 2.45) is 29.6 Å². The van der Waals surface area contributed by atoms with E-state index in [1.807, 2.05) is 51.1 Å². The predicted molar refractivity (Wildman–Crippen MR) is 252 cm³/mol. The van der Waals surface area contributed by atoms with Crippen LogP contribution in [0.5, 0.6) is 11.5 Å². The molecule has 2 aromatic rings. The van der Waals surface area contributed by atoms with Crippen molar-refractivity contribution in [2.45, 2.75) is 167 Å². The zero-order chi connectivity index (χ0) is 48.7. The van der Waals surface area contributed by atoms with E-state index < -0.39 is 77.8 Å². The Morgan fingerprint density at radius 1 is 0.866 bits per heavy atom. The Hall–Kier alpha value is -4.18. The minimum Gasteiger partial charge on any atom is -0.508 e. The van der Waals surface area contributed by atoms with Crippen LogP contribution < -0.4 is 4.74 Å². The molecule has 3 fully saturated rings. The molecule has 0 spiro atoms. The van der Waals surface area contributed by atoms with E-state index in [1.165, 1.54) is 19.1 Å². The van der Waals surface area contributed by atoms with Gasteiger partial charge in [0.25, 0.3) is 11.7 Å². The quantitative estimate of drug-likeness (QED) is 0.135. The third-order valence-electron chi connectivity index (χ3n) is 14.9. The molecule has 1 amide bonds. The minimum absolute atomic E-state index is 0.0120. The first-order chi connectivity index (χ1) is 31.9. The van der Waals surface area contributed by atoms with Crippen molar-refractivity contribution >= 4 is 34.2 Å². The number of nitrogens with zero attached hydrogens (tertiary/aromatic N) is 1. The molecule has 4 aliphatic rings. The lowest BCUT2D eigenvalue weighted by molar-refractivity contribution is -0.302. The highest BCUT2D eigenvalue weighted by Gasteiger charge is 2.56. The van der Waals surface area contributed by atoms with Gasteiger partial charge in [-0.2, -0.15) is 0 Å². The van der Waals surface area contributed by atoms with E-state index in [1.54, 1.807) is 33.1 Å².